The quantitative estimate of drug-likeness (QED) is 0.480. The Bertz CT molecular complexity index is 178. The Morgan fingerprint density at radius 1 is 1.56 bits per heavy atom. The maximum Gasteiger partial charge on any atom is 0.134 e. The van der Waals surface area contributed by atoms with E-state index in [0.717, 1.165) is 0 Å². The topological polar surface area (TPSA) is 20.3 Å². The minimum absolute atomic E-state index is 0.182. The van der Waals surface area contributed by atoms with Crippen LogP contribution in [0.4, 0.5) is 0 Å². The van der Waals surface area contributed by atoms with Crippen molar-refractivity contribution in [1.29, 1.82) is 0 Å². The third-order valence-electron chi connectivity index (χ3n) is 1.54. The van der Waals surface area contributed by atoms with Gasteiger partial charge in [-0.25, -0.2) is 0 Å². The van der Waals surface area contributed by atoms with Gasteiger partial charge in [0, 0.05) is 23.5 Å². The van der Waals surface area contributed by atoms with E-state index in [1.165, 1.54) is 4.90 Å². The third kappa shape index (κ3) is 2.14. The summed E-state index contributed by atoms with van der Waals surface area (Å²) in [7, 11) is 0. The van der Waals surface area contributed by atoms with Gasteiger partial charge in [0.15, 0.2) is 0 Å². The van der Waals surface area contributed by atoms with Gasteiger partial charge in [-0.15, -0.1) is 0 Å². The van der Waals surface area contributed by atoms with Crippen LogP contribution in [0.5, 0.6) is 0 Å². The van der Waals surface area contributed by atoms with Crippen molar-refractivity contribution >= 4 is 5.78 Å². The molecule has 0 bridgehead atoms. The summed E-state index contributed by atoms with van der Waals surface area (Å²) in [6.45, 7) is -1.12. The highest BCUT2D eigenvalue weighted by Gasteiger charge is 2.09. The summed E-state index contributed by atoms with van der Waals surface area (Å²) < 4.78 is 21.4. The zero-order chi connectivity index (χ0) is 9.19. The van der Waals surface area contributed by atoms with Crippen molar-refractivity contribution in [3.63, 3.8) is 0 Å². The van der Waals surface area contributed by atoms with Crippen molar-refractivity contribution in [2.45, 2.75) is 19.3 Å². The van der Waals surface area contributed by atoms with Gasteiger partial charge < -0.3 is 4.90 Å². The van der Waals surface area contributed by atoms with Crippen LogP contribution in [0.1, 0.15) is 23.4 Å². The number of rotatable bonds is 0. The summed E-state index contributed by atoms with van der Waals surface area (Å²) in [5.74, 6) is 0.182. The van der Waals surface area contributed by atoms with E-state index in [0.29, 0.717) is 32.4 Å². The number of hydrogen-bond donors (Lipinski definition) is 0. The molecule has 1 fully saturated rings. The number of likely N-dealkylation sites (tertiary alicyclic amines) is 1. The Kier molecular flexibility index (Phi) is 1.23. The molecule has 0 aromatic rings. The largest absolute Gasteiger partial charge is 0.306 e. The highest BCUT2D eigenvalue weighted by Crippen LogP contribution is 2.03. The molecular formula is C7H13NO. The molecular weight excluding hydrogens is 114 g/mol. The zero-order valence-electron chi connectivity index (χ0n) is 8.39. The molecule has 1 aliphatic rings. The predicted molar refractivity (Wildman–Crippen MR) is 36.4 cm³/mol. The van der Waals surface area contributed by atoms with Gasteiger partial charge in [-0.1, -0.05) is 0 Å². The summed E-state index contributed by atoms with van der Waals surface area (Å²) in [5, 5.41) is 0. The maximum absolute atomic E-state index is 10.9. The van der Waals surface area contributed by atoms with Crippen molar-refractivity contribution in [2.75, 3.05) is 20.1 Å². The lowest BCUT2D eigenvalue weighted by atomic mass is 10.2. The molecule has 1 saturated heterocycles. The van der Waals surface area contributed by atoms with Gasteiger partial charge in [0.25, 0.3) is 0 Å². The first kappa shape index (κ1) is 3.71. The molecule has 2 nitrogen and oxygen atoms in total. The molecule has 1 aliphatic heterocycles. The van der Waals surface area contributed by atoms with E-state index in [-0.39, 0.29) is 5.78 Å². The van der Waals surface area contributed by atoms with Gasteiger partial charge in [-0.3, -0.25) is 4.79 Å². The molecule has 0 aromatic heterocycles. The molecule has 0 aliphatic carbocycles. The lowest BCUT2D eigenvalue weighted by Crippen LogP contribution is -2.18. The van der Waals surface area contributed by atoms with Crippen molar-refractivity contribution < 1.29 is 8.91 Å². The van der Waals surface area contributed by atoms with Crippen LogP contribution in [-0.2, 0) is 4.79 Å². The van der Waals surface area contributed by atoms with Crippen LogP contribution < -0.4 is 0 Å². The SMILES string of the molecule is [2H]C([2H])([2H])N1CCCC(=O)CC1. The molecule has 1 heterocycles. The predicted octanol–water partition coefficient (Wildman–Crippen LogP) is 0.671. The summed E-state index contributed by atoms with van der Waals surface area (Å²) in [4.78, 5) is 12.3. The summed E-state index contributed by atoms with van der Waals surface area (Å²) in [6, 6.07) is 0. The van der Waals surface area contributed by atoms with Crippen LogP contribution in [-0.4, -0.2) is 30.7 Å². The van der Waals surface area contributed by atoms with Gasteiger partial charge >= 0.3 is 0 Å². The number of Topliss-reactive ketones (excluding diaryl/α,β-unsaturated/α-hetero) is 1. The first-order valence-corrected chi connectivity index (χ1v) is 3.27. The van der Waals surface area contributed by atoms with E-state index in [9.17, 15) is 4.79 Å². The first-order chi connectivity index (χ1) is 5.50. The average Bonchev–Trinajstić information content (AvgIpc) is 2.11. The average molecular weight is 130 g/mol. The highest BCUT2D eigenvalue weighted by atomic mass is 16.1. The minimum atomic E-state index is -2.02. The molecule has 9 heavy (non-hydrogen) atoms. The number of nitrogens with zero attached hydrogens (tertiary/aromatic N) is 1. The summed E-state index contributed by atoms with van der Waals surface area (Å²) in [6.07, 6.45) is 1.60. The Morgan fingerprint density at radius 3 is 3.22 bits per heavy atom. The molecule has 0 spiro atoms. The lowest BCUT2D eigenvalue weighted by molar-refractivity contribution is -0.118. The maximum atomic E-state index is 10.9. The fourth-order valence-electron chi connectivity index (χ4n) is 0.964. The van der Waals surface area contributed by atoms with E-state index in [4.69, 9.17) is 4.11 Å². The van der Waals surface area contributed by atoms with E-state index in [2.05, 4.69) is 0 Å². The standard InChI is InChI=1S/C7H13NO/c1-8-5-2-3-7(9)4-6-8/h2-6H2,1H3/i1D3. The van der Waals surface area contributed by atoms with Crippen LogP contribution in [0.25, 0.3) is 0 Å². The van der Waals surface area contributed by atoms with Crippen LogP contribution in [0, 0.1) is 0 Å². The van der Waals surface area contributed by atoms with Gasteiger partial charge in [0.1, 0.15) is 5.78 Å². The summed E-state index contributed by atoms with van der Waals surface area (Å²) >= 11 is 0. The molecule has 0 unspecified atom stereocenters. The second-order valence-electron chi connectivity index (χ2n) is 2.38. The molecule has 0 radical (unpaired) electrons. The molecule has 0 aromatic carbocycles. The van der Waals surface area contributed by atoms with E-state index < -0.39 is 6.98 Å². The van der Waals surface area contributed by atoms with Crippen LogP contribution in [0.2, 0.25) is 0 Å². The molecule has 0 atom stereocenters. The number of carbonyl (C=O) groups is 1. The van der Waals surface area contributed by atoms with Gasteiger partial charge in [0.2, 0.25) is 0 Å². The fourth-order valence-corrected chi connectivity index (χ4v) is 0.964. The number of hydrogen-bond acceptors (Lipinski definition) is 2. The second-order valence-corrected chi connectivity index (χ2v) is 2.38. The molecule has 0 saturated carbocycles. The third-order valence-corrected chi connectivity index (χ3v) is 1.54. The van der Waals surface area contributed by atoms with Gasteiger partial charge in [-0.05, 0) is 19.9 Å². The van der Waals surface area contributed by atoms with Gasteiger partial charge in [-0.2, -0.15) is 0 Å². The van der Waals surface area contributed by atoms with Crippen molar-refractivity contribution in [3.8, 4) is 0 Å². The van der Waals surface area contributed by atoms with Gasteiger partial charge in [0.05, 0.1) is 0 Å². The fraction of sp³-hybridized carbons (Fsp3) is 0.857. The van der Waals surface area contributed by atoms with Crippen molar-refractivity contribution in [2.24, 2.45) is 0 Å². The Hall–Kier alpha value is -0.370. The first-order valence-electron chi connectivity index (χ1n) is 4.77. The molecule has 1 rings (SSSR count). The number of ketones is 1. The second kappa shape index (κ2) is 2.97. The Balaban J connectivity index is 2.52. The van der Waals surface area contributed by atoms with Crippen LogP contribution in [0.15, 0.2) is 0 Å². The monoisotopic (exact) mass is 130 g/mol. The van der Waals surface area contributed by atoms with E-state index >= 15 is 0 Å². The zero-order valence-corrected chi connectivity index (χ0v) is 5.39. The Morgan fingerprint density at radius 2 is 2.44 bits per heavy atom. The summed E-state index contributed by atoms with van der Waals surface area (Å²) in [5.41, 5.74) is 0. The number of carbonyl (C=O) groups excluding carboxylic acids is 1. The van der Waals surface area contributed by atoms with Crippen LogP contribution in [0.3, 0.4) is 0 Å². The Labute approximate surface area is 60.1 Å². The highest BCUT2D eigenvalue weighted by molar-refractivity contribution is 5.78. The normalized spacial score (nSPS) is 30.2. The molecule has 2 heteroatoms. The van der Waals surface area contributed by atoms with E-state index in [1.54, 1.807) is 0 Å². The lowest BCUT2D eigenvalue weighted by Gasteiger charge is -2.09. The van der Waals surface area contributed by atoms with Crippen LogP contribution >= 0.6 is 0 Å². The molecule has 52 valence electrons. The minimum Gasteiger partial charge on any atom is -0.306 e. The van der Waals surface area contributed by atoms with Crippen molar-refractivity contribution in [3.05, 3.63) is 0 Å². The van der Waals surface area contributed by atoms with Crippen molar-refractivity contribution in [1.82, 2.24) is 4.90 Å². The molecule has 0 N–H and O–H groups in total. The smallest absolute Gasteiger partial charge is 0.134 e. The van der Waals surface area contributed by atoms with E-state index in [1.807, 2.05) is 0 Å². The molecule has 0 amide bonds.